The second kappa shape index (κ2) is 8.25. The maximum Gasteiger partial charge on any atom is 0.411 e. The molecule has 0 atom stereocenters. The van der Waals surface area contributed by atoms with Gasteiger partial charge in [0.1, 0.15) is 6.61 Å². The van der Waals surface area contributed by atoms with E-state index < -0.39 is 6.09 Å². The lowest BCUT2D eigenvalue weighted by Gasteiger charge is -2.17. The van der Waals surface area contributed by atoms with Crippen LogP contribution in [0.25, 0.3) is 0 Å². The van der Waals surface area contributed by atoms with E-state index in [0.717, 1.165) is 19.6 Å². The molecular formula is C13H18Cl2N2O2. The van der Waals surface area contributed by atoms with E-state index in [9.17, 15) is 4.79 Å². The van der Waals surface area contributed by atoms with Crippen molar-refractivity contribution in [2.75, 3.05) is 31.6 Å². The average Bonchev–Trinajstić information content (AvgIpc) is 2.33. The Bertz CT molecular complexity index is 403. The number of nitrogens with zero attached hydrogens (tertiary/aromatic N) is 1. The van der Waals surface area contributed by atoms with Crippen molar-refractivity contribution in [3.05, 3.63) is 28.2 Å². The molecule has 0 bridgehead atoms. The molecule has 0 spiro atoms. The van der Waals surface area contributed by atoms with Crippen LogP contribution in [-0.4, -0.2) is 37.2 Å². The third-order valence-electron chi connectivity index (χ3n) is 2.64. The summed E-state index contributed by atoms with van der Waals surface area (Å²) in [6.07, 6.45) is -0.509. The average molecular weight is 305 g/mol. The maximum absolute atomic E-state index is 11.6. The van der Waals surface area contributed by atoms with Crippen molar-refractivity contribution in [2.24, 2.45) is 0 Å². The molecule has 0 aliphatic rings. The van der Waals surface area contributed by atoms with Crippen molar-refractivity contribution in [1.82, 2.24) is 4.90 Å². The Hall–Kier alpha value is -0.970. The fraction of sp³-hybridized carbons (Fsp3) is 0.462. The number of anilines is 1. The number of hydrogen-bond donors (Lipinski definition) is 1. The van der Waals surface area contributed by atoms with Crippen LogP contribution in [0.2, 0.25) is 10.0 Å². The van der Waals surface area contributed by atoms with Gasteiger partial charge in [-0.3, -0.25) is 5.32 Å². The molecule has 106 valence electrons. The minimum atomic E-state index is -0.509. The Morgan fingerprint density at radius 3 is 2.32 bits per heavy atom. The van der Waals surface area contributed by atoms with E-state index in [1.165, 1.54) is 0 Å². The zero-order chi connectivity index (χ0) is 14.3. The molecule has 0 saturated heterocycles. The molecule has 19 heavy (non-hydrogen) atoms. The van der Waals surface area contributed by atoms with E-state index in [4.69, 9.17) is 27.9 Å². The Morgan fingerprint density at radius 1 is 1.21 bits per heavy atom. The summed E-state index contributed by atoms with van der Waals surface area (Å²) >= 11 is 11.7. The third kappa shape index (κ3) is 6.14. The molecule has 4 nitrogen and oxygen atoms in total. The maximum atomic E-state index is 11.6. The first-order chi connectivity index (χ1) is 9.05. The van der Waals surface area contributed by atoms with E-state index in [-0.39, 0.29) is 0 Å². The van der Waals surface area contributed by atoms with E-state index in [2.05, 4.69) is 24.1 Å². The summed E-state index contributed by atoms with van der Waals surface area (Å²) in [5.74, 6) is 0. The number of rotatable bonds is 6. The van der Waals surface area contributed by atoms with E-state index in [1.807, 2.05) is 0 Å². The van der Waals surface area contributed by atoms with E-state index >= 15 is 0 Å². The lowest BCUT2D eigenvalue weighted by molar-refractivity contribution is 0.142. The predicted molar refractivity (Wildman–Crippen MR) is 79.2 cm³/mol. The first kappa shape index (κ1) is 16.1. The van der Waals surface area contributed by atoms with Gasteiger partial charge in [0.05, 0.1) is 0 Å². The lowest BCUT2D eigenvalue weighted by Crippen LogP contribution is -2.28. The van der Waals surface area contributed by atoms with Crippen molar-refractivity contribution in [3.8, 4) is 0 Å². The zero-order valence-corrected chi connectivity index (χ0v) is 12.6. The number of likely N-dealkylation sites (N-methyl/N-ethyl adjacent to an activating group) is 1. The first-order valence-electron chi connectivity index (χ1n) is 6.17. The molecule has 0 saturated carbocycles. The third-order valence-corrected chi connectivity index (χ3v) is 3.08. The van der Waals surface area contributed by atoms with Gasteiger partial charge in [0.25, 0.3) is 0 Å². The molecule has 0 radical (unpaired) electrons. The Balaban J connectivity index is 2.38. The van der Waals surface area contributed by atoms with E-state index in [1.54, 1.807) is 18.2 Å². The van der Waals surface area contributed by atoms with Gasteiger partial charge in [0, 0.05) is 22.3 Å². The Kier molecular flexibility index (Phi) is 6.99. The largest absolute Gasteiger partial charge is 0.448 e. The topological polar surface area (TPSA) is 41.6 Å². The fourth-order valence-electron chi connectivity index (χ4n) is 1.59. The summed E-state index contributed by atoms with van der Waals surface area (Å²) in [6, 6.07) is 4.82. The van der Waals surface area contributed by atoms with Crippen LogP contribution in [0.3, 0.4) is 0 Å². The molecule has 0 aliphatic heterocycles. The zero-order valence-electron chi connectivity index (χ0n) is 11.1. The number of halogens is 2. The van der Waals surface area contributed by atoms with Gasteiger partial charge in [-0.1, -0.05) is 37.0 Å². The molecule has 6 heteroatoms. The van der Waals surface area contributed by atoms with Gasteiger partial charge in [-0.25, -0.2) is 4.79 Å². The highest BCUT2D eigenvalue weighted by Gasteiger charge is 2.06. The van der Waals surface area contributed by atoms with Crippen LogP contribution in [0.15, 0.2) is 18.2 Å². The van der Waals surface area contributed by atoms with Crippen LogP contribution in [0.4, 0.5) is 10.5 Å². The summed E-state index contributed by atoms with van der Waals surface area (Å²) in [7, 11) is 0. The highest BCUT2D eigenvalue weighted by atomic mass is 35.5. The number of benzene rings is 1. The number of amides is 1. The van der Waals surface area contributed by atoms with Gasteiger partial charge in [-0.15, -0.1) is 0 Å². The summed E-state index contributed by atoms with van der Waals surface area (Å²) in [6.45, 7) is 7.07. The molecule has 0 unspecified atom stereocenters. The Labute approximate surface area is 123 Å². The summed E-state index contributed by atoms with van der Waals surface area (Å²) < 4.78 is 5.08. The molecule has 1 amide bonds. The fourth-order valence-corrected chi connectivity index (χ4v) is 2.11. The van der Waals surface area contributed by atoms with Crippen LogP contribution in [0.5, 0.6) is 0 Å². The first-order valence-corrected chi connectivity index (χ1v) is 6.93. The summed E-state index contributed by atoms with van der Waals surface area (Å²) in [5.41, 5.74) is 0.519. The van der Waals surface area contributed by atoms with E-state index in [0.29, 0.717) is 22.3 Å². The van der Waals surface area contributed by atoms with Crippen molar-refractivity contribution in [3.63, 3.8) is 0 Å². The number of carbonyl (C=O) groups is 1. The van der Waals surface area contributed by atoms with Gasteiger partial charge >= 0.3 is 6.09 Å². The molecule has 0 aliphatic carbocycles. The van der Waals surface area contributed by atoms with Crippen LogP contribution >= 0.6 is 23.2 Å². The molecule has 0 aromatic heterocycles. The van der Waals surface area contributed by atoms with Crippen LogP contribution in [0, 0.1) is 0 Å². The molecule has 1 aromatic rings. The molecule has 1 N–H and O–H groups in total. The summed E-state index contributed by atoms with van der Waals surface area (Å²) in [4.78, 5) is 13.7. The summed E-state index contributed by atoms with van der Waals surface area (Å²) in [5, 5.41) is 3.51. The lowest BCUT2D eigenvalue weighted by atomic mass is 10.3. The minimum absolute atomic E-state index is 0.349. The number of carbonyl (C=O) groups excluding carboxylic acids is 1. The van der Waals surface area contributed by atoms with Gasteiger partial charge in [0.2, 0.25) is 0 Å². The highest BCUT2D eigenvalue weighted by molar-refractivity contribution is 6.35. The SMILES string of the molecule is CCN(CC)CCOC(=O)Nc1cc(Cl)cc(Cl)c1. The normalized spacial score (nSPS) is 10.6. The second-order valence-electron chi connectivity index (χ2n) is 3.95. The molecule has 1 rings (SSSR count). The highest BCUT2D eigenvalue weighted by Crippen LogP contribution is 2.22. The van der Waals surface area contributed by atoms with Crippen molar-refractivity contribution in [1.29, 1.82) is 0 Å². The Morgan fingerprint density at radius 2 is 1.79 bits per heavy atom. The quantitative estimate of drug-likeness (QED) is 0.867. The smallest absolute Gasteiger partial charge is 0.411 e. The second-order valence-corrected chi connectivity index (χ2v) is 4.82. The van der Waals surface area contributed by atoms with Gasteiger partial charge in [0.15, 0.2) is 0 Å². The van der Waals surface area contributed by atoms with Gasteiger partial charge in [-0.2, -0.15) is 0 Å². The van der Waals surface area contributed by atoms with Crippen LogP contribution < -0.4 is 5.32 Å². The number of nitrogens with one attached hydrogen (secondary N) is 1. The predicted octanol–water partition coefficient (Wildman–Crippen LogP) is 3.88. The van der Waals surface area contributed by atoms with Gasteiger partial charge < -0.3 is 9.64 Å². The van der Waals surface area contributed by atoms with Crippen molar-refractivity contribution in [2.45, 2.75) is 13.8 Å². The van der Waals surface area contributed by atoms with Crippen molar-refractivity contribution < 1.29 is 9.53 Å². The van der Waals surface area contributed by atoms with Gasteiger partial charge in [-0.05, 0) is 31.3 Å². The molecular weight excluding hydrogens is 287 g/mol. The molecule has 0 heterocycles. The molecule has 1 aromatic carbocycles. The van der Waals surface area contributed by atoms with Crippen LogP contribution in [0.1, 0.15) is 13.8 Å². The standard InChI is InChI=1S/C13H18Cl2N2O2/c1-3-17(4-2)5-6-19-13(18)16-12-8-10(14)7-11(15)9-12/h7-9H,3-6H2,1-2H3,(H,16,18). The monoisotopic (exact) mass is 304 g/mol. The number of hydrogen-bond acceptors (Lipinski definition) is 3. The number of ether oxygens (including phenoxy) is 1. The van der Waals surface area contributed by atoms with Crippen molar-refractivity contribution >= 4 is 35.0 Å². The van der Waals surface area contributed by atoms with Crippen LogP contribution in [-0.2, 0) is 4.74 Å². The molecule has 0 fully saturated rings. The minimum Gasteiger partial charge on any atom is -0.448 e.